The van der Waals surface area contributed by atoms with Gasteiger partial charge in [-0.05, 0) is 29.8 Å². The van der Waals surface area contributed by atoms with Crippen molar-refractivity contribution in [2.75, 3.05) is 0 Å². The van der Waals surface area contributed by atoms with Crippen LogP contribution in [0.1, 0.15) is 17.4 Å². The number of benzene rings is 2. The fourth-order valence-corrected chi connectivity index (χ4v) is 2.77. The Morgan fingerprint density at radius 3 is 2.62 bits per heavy atom. The highest BCUT2D eigenvalue weighted by atomic mass is 35.5. The second-order valence-electron chi connectivity index (χ2n) is 4.57. The lowest BCUT2D eigenvalue weighted by Gasteiger charge is -2.15. The Hall–Kier alpha value is -1.59. The van der Waals surface area contributed by atoms with Crippen LogP contribution in [-0.2, 0) is 0 Å². The first-order chi connectivity index (χ1) is 10.1. The minimum absolute atomic E-state index is 0.192. The first-order valence-electron chi connectivity index (χ1n) is 6.19. The third kappa shape index (κ3) is 2.63. The van der Waals surface area contributed by atoms with Gasteiger partial charge in [0.25, 0.3) is 0 Å². The number of rotatable bonds is 3. The number of para-hydroxylation sites is 1. The molecule has 108 valence electrons. The van der Waals surface area contributed by atoms with Crippen molar-refractivity contribution in [3.8, 4) is 0 Å². The van der Waals surface area contributed by atoms with Crippen LogP contribution >= 0.6 is 23.2 Å². The predicted octanol–water partition coefficient (Wildman–Crippen LogP) is 4.43. The van der Waals surface area contributed by atoms with E-state index in [1.54, 1.807) is 36.4 Å². The number of fused-ring (bicyclic) bond motifs is 1. The molecule has 0 fully saturated rings. The van der Waals surface area contributed by atoms with Gasteiger partial charge in [-0.3, -0.25) is 5.84 Å². The number of hydrogen-bond acceptors (Lipinski definition) is 3. The van der Waals surface area contributed by atoms with Gasteiger partial charge in [-0.15, -0.1) is 0 Å². The summed E-state index contributed by atoms with van der Waals surface area (Å²) in [6, 6.07) is 11.0. The molecular weight excluding hydrogens is 314 g/mol. The molecule has 2 aromatic carbocycles. The fraction of sp³-hybridized carbons (Fsp3) is 0.0667. The maximum Gasteiger partial charge on any atom is 0.169 e. The summed E-state index contributed by atoms with van der Waals surface area (Å²) in [5, 5.41) is 1.64. The first kappa shape index (κ1) is 14.4. The summed E-state index contributed by atoms with van der Waals surface area (Å²) >= 11 is 12.1. The first-order valence-corrected chi connectivity index (χ1v) is 6.95. The van der Waals surface area contributed by atoms with Gasteiger partial charge in [-0.2, -0.15) is 0 Å². The lowest BCUT2D eigenvalue weighted by Crippen LogP contribution is -2.28. The fourth-order valence-electron chi connectivity index (χ4n) is 2.25. The summed E-state index contributed by atoms with van der Waals surface area (Å²) in [5.41, 5.74) is 3.52. The Bertz CT molecular complexity index is 803. The van der Waals surface area contributed by atoms with Crippen LogP contribution in [-0.4, -0.2) is 0 Å². The van der Waals surface area contributed by atoms with Crippen molar-refractivity contribution in [2.45, 2.75) is 6.04 Å². The molecule has 0 amide bonds. The zero-order valence-corrected chi connectivity index (χ0v) is 12.3. The van der Waals surface area contributed by atoms with Gasteiger partial charge in [0.1, 0.15) is 11.8 Å². The molecule has 1 atom stereocenters. The highest BCUT2D eigenvalue weighted by Crippen LogP contribution is 2.33. The molecule has 1 unspecified atom stereocenters. The van der Waals surface area contributed by atoms with E-state index in [0.29, 0.717) is 26.8 Å². The molecule has 21 heavy (non-hydrogen) atoms. The average molecular weight is 325 g/mol. The van der Waals surface area contributed by atoms with E-state index in [4.69, 9.17) is 33.5 Å². The zero-order chi connectivity index (χ0) is 15.0. The molecule has 6 heteroatoms. The van der Waals surface area contributed by atoms with Crippen LogP contribution in [0.5, 0.6) is 0 Å². The Kier molecular flexibility index (Phi) is 3.87. The van der Waals surface area contributed by atoms with E-state index in [1.165, 1.54) is 6.07 Å². The lowest BCUT2D eigenvalue weighted by molar-refractivity contribution is 0.465. The quantitative estimate of drug-likeness (QED) is 0.553. The third-order valence-electron chi connectivity index (χ3n) is 3.24. The van der Waals surface area contributed by atoms with Gasteiger partial charge >= 0.3 is 0 Å². The Labute approximate surface area is 130 Å². The van der Waals surface area contributed by atoms with Crippen molar-refractivity contribution in [1.29, 1.82) is 0 Å². The molecule has 1 aromatic heterocycles. The molecule has 3 aromatic rings. The molecule has 0 radical (unpaired) electrons. The molecule has 0 aliphatic heterocycles. The van der Waals surface area contributed by atoms with E-state index in [2.05, 4.69) is 5.43 Å². The van der Waals surface area contributed by atoms with Crippen LogP contribution in [0.4, 0.5) is 4.39 Å². The molecular formula is C15H11Cl2FN2O. The van der Waals surface area contributed by atoms with E-state index in [9.17, 15) is 4.39 Å². The summed E-state index contributed by atoms with van der Waals surface area (Å²) in [4.78, 5) is 0. The second kappa shape index (κ2) is 5.66. The molecule has 3 nitrogen and oxygen atoms in total. The van der Waals surface area contributed by atoms with Crippen LogP contribution in [0.3, 0.4) is 0 Å². The van der Waals surface area contributed by atoms with Gasteiger partial charge in [0.2, 0.25) is 0 Å². The summed E-state index contributed by atoms with van der Waals surface area (Å²) in [6.45, 7) is 0. The topological polar surface area (TPSA) is 51.2 Å². The minimum atomic E-state index is -0.499. The summed E-state index contributed by atoms with van der Waals surface area (Å²) in [7, 11) is 0. The van der Waals surface area contributed by atoms with E-state index in [1.807, 2.05) is 0 Å². The van der Waals surface area contributed by atoms with Crippen molar-refractivity contribution in [3.63, 3.8) is 0 Å². The highest BCUT2D eigenvalue weighted by molar-refractivity contribution is 6.35. The van der Waals surface area contributed by atoms with Crippen LogP contribution in [0.2, 0.25) is 10.0 Å². The van der Waals surface area contributed by atoms with Gasteiger partial charge in [0, 0.05) is 15.4 Å². The van der Waals surface area contributed by atoms with Crippen molar-refractivity contribution >= 4 is 34.2 Å². The normalized spacial score (nSPS) is 12.8. The van der Waals surface area contributed by atoms with E-state index in [0.717, 1.165) is 0 Å². The van der Waals surface area contributed by atoms with Gasteiger partial charge in [-0.25, -0.2) is 9.82 Å². The summed E-state index contributed by atoms with van der Waals surface area (Å²) in [5.74, 6) is 5.66. The van der Waals surface area contributed by atoms with Crippen LogP contribution in [0, 0.1) is 5.82 Å². The Morgan fingerprint density at radius 2 is 1.95 bits per heavy atom. The third-order valence-corrected chi connectivity index (χ3v) is 3.80. The Morgan fingerprint density at radius 1 is 1.14 bits per heavy atom. The SMILES string of the molecule is NNC(c1cc2cccc(F)c2o1)c1ccc(Cl)cc1Cl. The standard InChI is InChI=1S/C15H11Cl2FN2O/c16-9-4-5-10(11(17)7-9)14(20-19)13-6-8-2-1-3-12(18)15(8)21-13/h1-7,14,20H,19H2. The number of hydrogen-bond donors (Lipinski definition) is 2. The van der Waals surface area contributed by atoms with Crippen molar-refractivity contribution in [1.82, 2.24) is 5.43 Å². The minimum Gasteiger partial charge on any atom is -0.456 e. The van der Waals surface area contributed by atoms with Crippen molar-refractivity contribution < 1.29 is 8.81 Å². The molecule has 0 aliphatic carbocycles. The van der Waals surface area contributed by atoms with Crippen molar-refractivity contribution in [2.24, 2.45) is 5.84 Å². The maximum atomic E-state index is 13.7. The van der Waals surface area contributed by atoms with Gasteiger partial charge in [0.15, 0.2) is 11.4 Å². The average Bonchev–Trinajstić information content (AvgIpc) is 2.87. The largest absolute Gasteiger partial charge is 0.456 e. The summed E-state index contributed by atoms with van der Waals surface area (Å²) < 4.78 is 19.3. The molecule has 0 saturated carbocycles. The van der Waals surface area contributed by atoms with Crippen LogP contribution < -0.4 is 11.3 Å². The molecule has 3 N–H and O–H groups in total. The van der Waals surface area contributed by atoms with E-state index in [-0.39, 0.29) is 5.58 Å². The molecule has 0 saturated heterocycles. The lowest BCUT2D eigenvalue weighted by atomic mass is 10.0. The highest BCUT2D eigenvalue weighted by Gasteiger charge is 2.20. The van der Waals surface area contributed by atoms with Gasteiger partial charge < -0.3 is 4.42 Å². The molecule has 0 spiro atoms. The summed E-state index contributed by atoms with van der Waals surface area (Å²) in [6.07, 6.45) is 0. The molecule has 3 rings (SSSR count). The second-order valence-corrected chi connectivity index (χ2v) is 5.42. The van der Waals surface area contributed by atoms with Gasteiger partial charge in [-0.1, -0.05) is 41.4 Å². The Balaban J connectivity index is 2.11. The van der Waals surface area contributed by atoms with Gasteiger partial charge in [0.05, 0.1) is 0 Å². The van der Waals surface area contributed by atoms with Crippen LogP contribution in [0.25, 0.3) is 11.0 Å². The smallest absolute Gasteiger partial charge is 0.169 e. The van der Waals surface area contributed by atoms with E-state index < -0.39 is 11.9 Å². The van der Waals surface area contributed by atoms with E-state index >= 15 is 0 Å². The maximum absolute atomic E-state index is 13.7. The van der Waals surface area contributed by atoms with Crippen LogP contribution in [0.15, 0.2) is 46.9 Å². The van der Waals surface area contributed by atoms with Crippen molar-refractivity contribution in [3.05, 3.63) is 69.7 Å². The zero-order valence-electron chi connectivity index (χ0n) is 10.7. The molecule has 1 heterocycles. The number of furan rings is 1. The monoisotopic (exact) mass is 324 g/mol. The number of hydrazine groups is 1. The molecule has 0 aliphatic rings. The molecule has 0 bridgehead atoms. The number of nitrogens with one attached hydrogen (secondary N) is 1. The predicted molar refractivity (Wildman–Crippen MR) is 81.8 cm³/mol. The number of halogens is 3. The number of nitrogens with two attached hydrogens (primary N) is 1.